The monoisotopic (exact) mass is 317 g/mol. The van der Waals surface area contributed by atoms with Gasteiger partial charge in [-0.15, -0.1) is 0 Å². The zero-order valence-electron chi connectivity index (χ0n) is 9.04. The molecule has 0 atom stereocenters. The molecular formula is C7H3F4N3O5S. The maximum Gasteiger partial charge on any atom is 0.485 e. The number of diazo groups is 1. The number of hydrogen-bond donors (Lipinski definition) is 0. The predicted molar refractivity (Wildman–Crippen MR) is 53.6 cm³/mol. The highest BCUT2D eigenvalue weighted by atomic mass is 32.2. The van der Waals surface area contributed by atoms with Crippen LogP contribution in [0.3, 0.4) is 0 Å². The molecule has 0 aliphatic rings. The molecule has 0 bridgehead atoms. The minimum atomic E-state index is -6.09. The topological polar surface area (TPSA) is 128 Å². The van der Waals surface area contributed by atoms with Gasteiger partial charge in [-0.05, 0) is 6.07 Å². The fraction of sp³-hybridized carbons (Fsp3) is 0.143. The Morgan fingerprint density at radius 2 is 1.75 bits per heavy atom. The minimum absolute atomic E-state index is 0.0527. The van der Waals surface area contributed by atoms with E-state index in [-0.39, 0.29) is 5.69 Å². The van der Waals surface area contributed by atoms with Crippen molar-refractivity contribution in [3.8, 4) is 0 Å². The van der Waals surface area contributed by atoms with Crippen molar-refractivity contribution in [1.82, 2.24) is 0 Å². The lowest BCUT2D eigenvalue weighted by atomic mass is 10.3. The van der Waals surface area contributed by atoms with Crippen LogP contribution in [0.2, 0.25) is 0 Å². The number of alkyl halides is 3. The molecule has 0 saturated heterocycles. The van der Waals surface area contributed by atoms with Crippen molar-refractivity contribution >= 4 is 21.5 Å². The van der Waals surface area contributed by atoms with Crippen molar-refractivity contribution in [2.45, 2.75) is 5.51 Å². The number of benzene rings is 1. The van der Waals surface area contributed by atoms with Gasteiger partial charge in [0.1, 0.15) is 6.07 Å². The summed E-state index contributed by atoms with van der Waals surface area (Å²) in [4.78, 5) is 11.9. The van der Waals surface area contributed by atoms with Gasteiger partial charge in [-0.2, -0.15) is 17.6 Å². The van der Waals surface area contributed by atoms with E-state index in [1.165, 1.54) is 0 Å². The molecule has 0 radical (unpaired) electrons. The van der Waals surface area contributed by atoms with Crippen LogP contribution in [-0.2, 0) is 10.1 Å². The third kappa shape index (κ3) is 5.12. The lowest BCUT2D eigenvalue weighted by molar-refractivity contribution is -0.387. The molecule has 110 valence electrons. The molecule has 0 unspecified atom stereocenters. The van der Waals surface area contributed by atoms with Crippen molar-refractivity contribution in [2.75, 3.05) is 0 Å². The molecule has 13 heteroatoms. The number of rotatable bonds is 1. The lowest BCUT2D eigenvalue weighted by Gasteiger charge is -2.08. The van der Waals surface area contributed by atoms with Crippen LogP contribution in [0.1, 0.15) is 0 Å². The highest BCUT2D eigenvalue weighted by Gasteiger charge is 2.36. The molecule has 20 heavy (non-hydrogen) atoms. The van der Waals surface area contributed by atoms with Crippen LogP contribution in [0.4, 0.5) is 28.9 Å². The minimum Gasteiger partial charge on any atom is -0.741 e. The molecule has 0 aromatic heterocycles. The number of nitro benzene ring substituents is 1. The van der Waals surface area contributed by atoms with E-state index < -0.39 is 32.1 Å². The molecule has 1 aromatic carbocycles. The second-order valence-electron chi connectivity index (χ2n) is 2.89. The third-order valence-electron chi connectivity index (χ3n) is 1.53. The van der Waals surface area contributed by atoms with E-state index in [0.29, 0.717) is 0 Å². The Hall–Kier alpha value is -2.33. The van der Waals surface area contributed by atoms with Gasteiger partial charge in [-0.1, -0.05) is 0 Å². The van der Waals surface area contributed by atoms with Crippen molar-refractivity contribution in [1.29, 1.82) is 5.39 Å². The van der Waals surface area contributed by atoms with Gasteiger partial charge in [0.05, 0.1) is 4.92 Å². The molecule has 0 heterocycles. The second-order valence-corrected chi connectivity index (χ2v) is 4.26. The fourth-order valence-electron chi connectivity index (χ4n) is 0.703. The lowest BCUT2D eigenvalue weighted by Crippen LogP contribution is -2.21. The quantitative estimate of drug-likeness (QED) is 0.195. The third-order valence-corrected chi connectivity index (χ3v) is 2.09. The normalized spacial score (nSPS) is 11.0. The van der Waals surface area contributed by atoms with E-state index in [9.17, 15) is 27.7 Å². The highest BCUT2D eigenvalue weighted by Crippen LogP contribution is 2.23. The van der Waals surface area contributed by atoms with Gasteiger partial charge in [0, 0.05) is 6.07 Å². The largest absolute Gasteiger partial charge is 0.741 e. The average molecular weight is 317 g/mol. The van der Waals surface area contributed by atoms with Crippen LogP contribution in [0.15, 0.2) is 18.2 Å². The van der Waals surface area contributed by atoms with E-state index >= 15 is 0 Å². The molecule has 1 aromatic rings. The van der Waals surface area contributed by atoms with E-state index in [2.05, 4.69) is 4.98 Å². The Bertz CT molecular complexity index is 651. The summed E-state index contributed by atoms with van der Waals surface area (Å²) in [6.45, 7) is 0. The highest BCUT2D eigenvalue weighted by molar-refractivity contribution is 7.86. The van der Waals surface area contributed by atoms with Gasteiger partial charge >= 0.3 is 16.9 Å². The standard InChI is InChI=1S/C6H3FN3O2.CHF3O3S/c7-5-2-1-4(9-8)3-6(5)10(11)12;2-1(3,4)8(5,6)7/h1-3H;(H,5,6,7)/q+1;/p-1. The summed E-state index contributed by atoms with van der Waals surface area (Å²) in [6, 6.07) is 2.84. The number of hydrogen-bond acceptors (Lipinski definition) is 6. The zero-order valence-corrected chi connectivity index (χ0v) is 9.85. The van der Waals surface area contributed by atoms with Gasteiger partial charge in [-0.3, -0.25) is 10.1 Å². The number of nitrogens with zero attached hydrogens (tertiary/aromatic N) is 3. The SMILES string of the molecule is N#[N+]c1ccc(F)c([N+](=O)[O-])c1.O=S(=O)([O-])C(F)(F)F. The van der Waals surface area contributed by atoms with E-state index in [4.69, 9.17) is 18.4 Å². The zero-order chi connectivity index (χ0) is 16.1. The van der Waals surface area contributed by atoms with Gasteiger partial charge in [-0.25, -0.2) is 8.42 Å². The maximum absolute atomic E-state index is 12.6. The van der Waals surface area contributed by atoms with Crippen molar-refractivity contribution in [3.05, 3.63) is 39.1 Å². The Morgan fingerprint density at radius 3 is 2.05 bits per heavy atom. The van der Waals surface area contributed by atoms with E-state index in [1.54, 1.807) is 0 Å². The Kier molecular flexibility index (Phi) is 5.49. The Morgan fingerprint density at radius 1 is 1.30 bits per heavy atom. The molecule has 0 aliphatic carbocycles. The molecule has 0 spiro atoms. The molecule has 1 rings (SSSR count). The summed E-state index contributed by atoms with van der Waals surface area (Å²) in [5.41, 5.74) is -6.40. The molecule has 0 N–H and O–H groups in total. The molecule has 8 nitrogen and oxygen atoms in total. The van der Waals surface area contributed by atoms with Crippen molar-refractivity contribution in [2.24, 2.45) is 0 Å². The van der Waals surface area contributed by atoms with Crippen LogP contribution < -0.4 is 0 Å². The second kappa shape index (κ2) is 6.21. The average Bonchev–Trinajstić information content (AvgIpc) is 2.27. The fourth-order valence-corrected chi connectivity index (χ4v) is 0.703. The van der Waals surface area contributed by atoms with Crippen LogP contribution in [0.25, 0.3) is 4.98 Å². The Balaban J connectivity index is 0.000000396. The van der Waals surface area contributed by atoms with Gasteiger partial charge in [0.15, 0.2) is 15.1 Å². The first-order chi connectivity index (χ1) is 8.90. The summed E-state index contributed by atoms with van der Waals surface area (Å²) in [5, 5.41) is 18.3. The van der Waals surface area contributed by atoms with Crippen molar-refractivity contribution < 1.29 is 35.5 Å². The van der Waals surface area contributed by atoms with Crippen LogP contribution >= 0.6 is 0 Å². The maximum atomic E-state index is 12.6. The van der Waals surface area contributed by atoms with Gasteiger partial charge in [0.2, 0.25) is 11.2 Å². The van der Waals surface area contributed by atoms with Crippen LogP contribution in [0.5, 0.6) is 0 Å². The molecule has 0 amide bonds. The Labute approximate surface area is 108 Å². The molecule has 0 fully saturated rings. The molecular weight excluding hydrogens is 314 g/mol. The first kappa shape index (κ1) is 17.7. The smallest absolute Gasteiger partial charge is 0.485 e. The van der Waals surface area contributed by atoms with E-state index in [0.717, 1.165) is 18.2 Å². The van der Waals surface area contributed by atoms with Crippen LogP contribution in [0, 0.1) is 21.3 Å². The van der Waals surface area contributed by atoms with Gasteiger partial charge < -0.3 is 4.55 Å². The number of nitro groups is 1. The first-order valence-electron chi connectivity index (χ1n) is 4.21. The summed E-state index contributed by atoms with van der Waals surface area (Å²) in [6.07, 6.45) is 0. The molecule has 0 aliphatic heterocycles. The molecule has 0 saturated carbocycles. The van der Waals surface area contributed by atoms with Crippen molar-refractivity contribution in [3.63, 3.8) is 0 Å². The first-order valence-corrected chi connectivity index (χ1v) is 5.62. The summed E-state index contributed by atoms with van der Waals surface area (Å²) in [7, 11) is -6.09. The summed E-state index contributed by atoms with van der Waals surface area (Å²) in [5.74, 6) is -0.951. The summed E-state index contributed by atoms with van der Waals surface area (Å²) < 4.78 is 71.5. The predicted octanol–water partition coefficient (Wildman–Crippen LogP) is 2.27. The number of halogens is 4. The summed E-state index contributed by atoms with van der Waals surface area (Å²) >= 11 is 0. The van der Waals surface area contributed by atoms with Gasteiger partial charge in [0.25, 0.3) is 0 Å². The van der Waals surface area contributed by atoms with Crippen LogP contribution in [-0.4, -0.2) is 23.4 Å². The van der Waals surface area contributed by atoms with E-state index in [1.807, 2.05) is 0 Å².